The van der Waals surface area contributed by atoms with Crippen molar-refractivity contribution in [3.05, 3.63) is 120 Å². The Balaban J connectivity index is 1.44. The highest BCUT2D eigenvalue weighted by atomic mass is 32.2. The van der Waals surface area contributed by atoms with E-state index in [2.05, 4.69) is 16.6 Å². The summed E-state index contributed by atoms with van der Waals surface area (Å²) >= 11 is 0. The van der Waals surface area contributed by atoms with Crippen molar-refractivity contribution in [1.82, 2.24) is 5.43 Å². The van der Waals surface area contributed by atoms with Crippen LogP contribution in [0.4, 0.5) is 10.1 Å². The van der Waals surface area contributed by atoms with E-state index in [1.807, 2.05) is 55.5 Å². The van der Waals surface area contributed by atoms with Gasteiger partial charge in [0.05, 0.1) is 16.8 Å². The van der Waals surface area contributed by atoms with Crippen molar-refractivity contribution in [2.45, 2.75) is 11.8 Å². The van der Waals surface area contributed by atoms with E-state index in [4.69, 9.17) is 0 Å². The van der Waals surface area contributed by atoms with Gasteiger partial charge in [0, 0.05) is 5.56 Å². The van der Waals surface area contributed by atoms with Crippen LogP contribution in [0.25, 0.3) is 21.5 Å². The minimum absolute atomic E-state index is 0.0194. The highest BCUT2D eigenvalue weighted by Crippen LogP contribution is 2.27. The fourth-order valence-electron chi connectivity index (χ4n) is 4.28. The van der Waals surface area contributed by atoms with Gasteiger partial charge in [0.15, 0.2) is 0 Å². The van der Waals surface area contributed by atoms with Gasteiger partial charge in [-0.2, -0.15) is 5.10 Å². The Morgan fingerprint density at radius 2 is 1.45 bits per heavy atom. The summed E-state index contributed by atoms with van der Waals surface area (Å²) < 4.78 is 41.4. The fraction of sp³-hybridized carbons (Fsp3) is 0.0667. The van der Waals surface area contributed by atoms with Gasteiger partial charge in [-0.05, 0) is 70.9 Å². The van der Waals surface area contributed by atoms with E-state index in [0.717, 1.165) is 49.1 Å². The van der Waals surface area contributed by atoms with Crippen LogP contribution in [0.15, 0.2) is 113 Å². The average Bonchev–Trinajstić information content (AvgIpc) is 2.92. The van der Waals surface area contributed by atoms with E-state index in [1.165, 1.54) is 24.3 Å². The highest BCUT2D eigenvalue weighted by molar-refractivity contribution is 7.92. The predicted molar refractivity (Wildman–Crippen MR) is 149 cm³/mol. The molecule has 8 heteroatoms. The second-order valence-electron chi connectivity index (χ2n) is 8.83. The molecule has 0 atom stereocenters. The summed E-state index contributed by atoms with van der Waals surface area (Å²) in [5.41, 5.74) is 4.34. The van der Waals surface area contributed by atoms with Crippen LogP contribution in [0, 0.1) is 12.7 Å². The quantitative estimate of drug-likeness (QED) is 0.166. The number of fused-ring (bicyclic) bond motifs is 2. The number of carbonyl (C=O) groups excluding carboxylic acids is 1. The van der Waals surface area contributed by atoms with Gasteiger partial charge in [0.1, 0.15) is 12.4 Å². The number of anilines is 1. The number of aryl methyl sites for hydroxylation is 1. The second kappa shape index (κ2) is 10.4. The standard InChI is InChI=1S/C30H24FN3O3S/c1-21-10-16-26(17-11-21)38(36,37)34(25-14-12-24(31)13-15-25)20-30(35)33-32-19-29-27-8-4-2-6-22(27)18-23-7-3-5-9-28(23)29/h2-19H,20H2,1H3,(H,33,35)/b32-19-. The van der Waals surface area contributed by atoms with E-state index < -0.39 is 28.3 Å². The summed E-state index contributed by atoms with van der Waals surface area (Å²) in [4.78, 5) is 13.0. The van der Waals surface area contributed by atoms with Crippen LogP contribution in [-0.2, 0) is 14.8 Å². The van der Waals surface area contributed by atoms with E-state index in [9.17, 15) is 17.6 Å². The maximum absolute atomic E-state index is 13.6. The summed E-state index contributed by atoms with van der Waals surface area (Å²) in [6, 6.07) is 29.1. The SMILES string of the molecule is Cc1ccc(S(=O)(=O)N(CC(=O)N/N=C\c2c3ccccc3cc3ccccc23)c2ccc(F)cc2)cc1. The van der Waals surface area contributed by atoms with Crippen molar-refractivity contribution in [1.29, 1.82) is 0 Å². The van der Waals surface area contributed by atoms with E-state index in [1.54, 1.807) is 18.3 Å². The van der Waals surface area contributed by atoms with Crippen LogP contribution in [0.1, 0.15) is 11.1 Å². The molecule has 5 rings (SSSR count). The first kappa shape index (κ1) is 25.1. The highest BCUT2D eigenvalue weighted by Gasteiger charge is 2.27. The van der Waals surface area contributed by atoms with Crippen molar-refractivity contribution in [2.75, 3.05) is 10.8 Å². The number of halogens is 1. The molecule has 0 aliphatic heterocycles. The normalized spacial score (nSPS) is 11.7. The van der Waals surface area contributed by atoms with Gasteiger partial charge >= 0.3 is 0 Å². The number of nitrogens with zero attached hydrogens (tertiary/aromatic N) is 2. The first-order valence-electron chi connectivity index (χ1n) is 11.9. The molecular formula is C30H24FN3O3S. The first-order chi connectivity index (χ1) is 18.3. The molecule has 1 N–H and O–H groups in total. The molecule has 0 radical (unpaired) electrons. The first-order valence-corrected chi connectivity index (χ1v) is 13.3. The molecule has 0 aliphatic rings. The topological polar surface area (TPSA) is 78.8 Å². The number of sulfonamides is 1. The molecule has 0 unspecified atom stereocenters. The maximum atomic E-state index is 13.6. The van der Waals surface area contributed by atoms with Crippen LogP contribution in [0.2, 0.25) is 0 Å². The molecule has 5 aromatic rings. The molecule has 1 amide bonds. The molecule has 6 nitrogen and oxygen atoms in total. The Hall–Kier alpha value is -4.56. The van der Waals surface area contributed by atoms with Gasteiger partial charge in [0.25, 0.3) is 15.9 Å². The van der Waals surface area contributed by atoms with Crippen molar-refractivity contribution in [3.63, 3.8) is 0 Å². The third kappa shape index (κ3) is 5.12. The van der Waals surface area contributed by atoms with Gasteiger partial charge in [-0.25, -0.2) is 18.2 Å². The van der Waals surface area contributed by atoms with Gasteiger partial charge in [0.2, 0.25) is 0 Å². The molecule has 0 aromatic heterocycles. The van der Waals surface area contributed by atoms with Crippen molar-refractivity contribution >= 4 is 49.4 Å². The number of hydrazone groups is 1. The monoisotopic (exact) mass is 525 g/mol. The smallest absolute Gasteiger partial charge is 0.264 e. The molecule has 0 bridgehead atoms. The Kier molecular flexibility index (Phi) is 6.89. The van der Waals surface area contributed by atoms with Gasteiger partial charge in [-0.15, -0.1) is 0 Å². The van der Waals surface area contributed by atoms with Crippen LogP contribution >= 0.6 is 0 Å². The lowest BCUT2D eigenvalue weighted by molar-refractivity contribution is -0.119. The second-order valence-corrected chi connectivity index (χ2v) is 10.7. The zero-order chi connectivity index (χ0) is 26.7. The number of hydrogen-bond acceptors (Lipinski definition) is 4. The summed E-state index contributed by atoms with van der Waals surface area (Å²) in [6.45, 7) is 1.30. The number of rotatable bonds is 7. The lowest BCUT2D eigenvalue weighted by Crippen LogP contribution is -2.39. The third-order valence-corrected chi connectivity index (χ3v) is 7.99. The zero-order valence-electron chi connectivity index (χ0n) is 20.5. The van der Waals surface area contributed by atoms with Crippen molar-refractivity contribution in [2.24, 2.45) is 5.10 Å². The Labute approximate surface area is 220 Å². The molecule has 0 spiro atoms. The minimum atomic E-state index is -4.12. The Bertz CT molecular complexity index is 1710. The fourth-order valence-corrected chi connectivity index (χ4v) is 5.70. The molecule has 0 aliphatic carbocycles. The molecular weight excluding hydrogens is 501 g/mol. The average molecular weight is 526 g/mol. The molecule has 0 fully saturated rings. The number of amides is 1. The number of hydrogen-bond donors (Lipinski definition) is 1. The lowest BCUT2D eigenvalue weighted by atomic mass is 9.97. The summed E-state index contributed by atoms with van der Waals surface area (Å²) in [7, 11) is -4.12. The molecule has 0 saturated carbocycles. The number of benzene rings is 5. The van der Waals surface area contributed by atoms with Crippen LogP contribution in [0.3, 0.4) is 0 Å². The lowest BCUT2D eigenvalue weighted by Gasteiger charge is -2.23. The van der Waals surface area contributed by atoms with Crippen molar-refractivity contribution < 1.29 is 17.6 Å². The molecule has 0 heterocycles. The number of carbonyl (C=O) groups is 1. The summed E-state index contributed by atoms with van der Waals surface area (Å²) in [5.74, 6) is -1.16. The summed E-state index contributed by atoms with van der Waals surface area (Å²) in [5, 5.41) is 8.17. The van der Waals surface area contributed by atoms with Gasteiger partial charge < -0.3 is 0 Å². The van der Waals surface area contributed by atoms with Crippen molar-refractivity contribution in [3.8, 4) is 0 Å². The number of nitrogens with one attached hydrogen (secondary N) is 1. The largest absolute Gasteiger partial charge is 0.271 e. The minimum Gasteiger partial charge on any atom is -0.271 e. The van der Waals surface area contributed by atoms with E-state index in [0.29, 0.717) is 0 Å². The van der Waals surface area contributed by atoms with Gasteiger partial charge in [-0.3, -0.25) is 9.10 Å². The molecule has 38 heavy (non-hydrogen) atoms. The molecule has 0 saturated heterocycles. The molecule has 190 valence electrons. The zero-order valence-corrected chi connectivity index (χ0v) is 21.3. The van der Waals surface area contributed by atoms with Gasteiger partial charge in [-0.1, -0.05) is 66.2 Å². The van der Waals surface area contributed by atoms with Crippen LogP contribution in [-0.4, -0.2) is 27.1 Å². The van der Waals surface area contributed by atoms with E-state index >= 15 is 0 Å². The Morgan fingerprint density at radius 3 is 2.05 bits per heavy atom. The third-order valence-electron chi connectivity index (χ3n) is 6.21. The van der Waals surface area contributed by atoms with Crippen LogP contribution in [0.5, 0.6) is 0 Å². The van der Waals surface area contributed by atoms with Crippen LogP contribution < -0.4 is 9.73 Å². The molecule has 5 aromatic carbocycles. The Morgan fingerprint density at radius 1 is 0.868 bits per heavy atom. The van der Waals surface area contributed by atoms with E-state index in [-0.39, 0.29) is 10.6 Å². The maximum Gasteiger partial charge on any atom is 0.264 e. The summed E-state index contributed by atoms with van der Waals surface area (Å²) in [6.07, 6.45) is 1.57. The predicted octanol–water partition coefficient (Wildman–Crippen LogP) is 5.79.